The summed E-state index contributed by atoms with van der Waals surface area (Å²) in [7, 11) is 0. The Balaban J connectivity index is 1.92. The Morgan fingerprint density at radius 3 is 2.52 bits per heavy atom. The summed E-state index contributed by atoms with van der Waals surface area (Å²) in [6.45, 7) is 0.736. The van der Waals surface area contributed by atoms with Crippen LogP contribution in [0.5, 0.6) is 0 Å². The van der Waals surface area contributed by atoms with Crippen molar-refractivity contribution >= 4 is 34.1 Å². The molecule has 0 aliphatic carbocycles. The molecule has 0 aliphatic rings. The second-order valence-corrected chi connectivity index (χ2v) is 6.28. The normalized spacial score (nSPS) is 11.2. The van der Waals surface area contributed by atoms with Crippen LogP contribution in [-0.4, -0.2) is 14.5 Å². The first kappa shape index (κ1) is 14.4. The molecule has 114 valence electrons. The molecule has 0 saturated carbocycles. The molecule has 0 spiro atoms. The summed E-state index contributed by atoms with van der Waals surface area (Å²) in [5.74, 6) is 0. The first-order chi connectivity index (χ1) is 11.2. The minimum absolute atomic E-state index is 0.718. The highest BCUT2D eigenvalue weighted by molar-refractivity contribution is 6.31. The van der Waals surface area contributed by atoms with E-state index in [1.807, 2.05) is 48.9 Å². The predicted molar refractivity (Wildman–Crippen MR) is 95.1 cm³/mol. The van der Waals surface area contributed by atoms with Crippen molar-refractivity contribution in [3.63, 3.8) is 0 Å². The number of aromatic nitrogens is 3. The Labute approximate surface area is 143 Å². The third-order valence-corrected chi connectivity index (χ3v) is 4.39. The molecule has 0 saturated heterocycles. The molecule has 0 unspecified atom stereocenters. The molecule has 4 aromatic rings. The van der Waals surface area contributed by atoms with Crippen LogP contribution < -0.4 is 0 Å². The van der Waals surface area contributed by atoms with Gasteiger partial charge in [0.15, 0.2) is 0 Å². The second kappa shape index (κ2) is 5.76. The van der Waals surface area contributed by atoms with Crippen LogP contribution in [0.3, 0.4) is 0 Å². The van der Waals surface area contributed by atoms with E-state index in [2.05, 4.69) is 20.6 Å². The molecular formula is C18H13Cl2N3. The van der Waals surface area contributed by atoms with Gasteiger partial charge in [0.2, 0.25) is 0 Å². The molecule has 0 atom stereocenters. The Morgan fingerprint density at radius 2 is 1.78 bits per heavy atom. The lowest BCUT2D eigenvalue weighted by Crippen LogP contribution is -1.97. The number of aromatic amines is 1. The number of imidazole rings is 1. The van der Waals surface area contributed by atoms with Gasteiger partial charge in [-0.1, -0.05) is 41.4 Å². The lowest BCUT2D eigenvalue weighted by molar-refractivity contribution is 0.804. The summed E-state index contributed by atoms with van der Waals surface area (Å²) in [4.78, 5) is 7.62. The third-order valence-electron chi connectivity index (χ3n) is 3.90. The average Bonchev–Trinajstić information content (AvgIpc) is 3.17. The Kier molecular flexibility index (Phi) is 3.60. The van der Waals surface area contributed by atoms with Crippen LogP contribution in [0.2, 0.25) is 10.0 Å². The molecule has 0 amide bonds. The second-order valence-electron chi connectivity index (χ2n) is 5.41. The maximum Gasteiger partial charge on any atom is 0.0949 e. The highest BCUT2D eigenvalue weighted by Gasteiger charge is 2.14. The van der Waals surface area contributed by atoms with Crippen molar-refractivity contribution in [1.29, 1.82) is 0 Å². The highest BCUT2D eigenvalue weighted by Crippen LogP contribution is 2.33. The Morgan fingerprint density at radius 1 is 1.00 bits per heavy atom. The average molecular weight is 342 g/mol. The predicted octanol–water partition coefficient (Wildman–Crippen LogP) is 5.39. The zero-order chi connectivity index (χ0) is 15.8. The SMILES string of the molecule is Clc1ccc(-c2[nH]c3cc(Cl)ccc3c2Cn2ccnc2)cc1. The topological polar surface area (TPSA) is 33.6 Å². The van der Waals surface area contributed by atoms with Gasteiger partial charge in [0, 0.05) is 38.9 Å². The van der Waals surface area contributed by atoms with Crippen LogP contribution in [0, 0.1) is 0 Å². The number of nitrogens with zero attached hydrogens (tertiary/aromatic N) is 2. The van der Waals surface area contributed by atoms with E-state index in [9.17, 15) is 0 Å². The number of hydrogen-bond acceptors (Lipinski definition) is 1. The van der Waals surface area contributed by atoms with E-state index in [4.69, 9.17) is 23.2 Å². The molecule has 2 aromatic carbocycles. The minimum atomic E-state index is 0.718. The van der Waals surface area contributed by atoms with Crippen molar-refractivity contribution < 1.29 is 0 Å². The van der Waals surface area contributed by atoms with E-state index >= 15 is 0 Å². The number of halogens is 2. The number of rotatable bonds is 3. The summed E-state index contributed by atoms with van der Waals surface area (Å²) in [5, 5.41) is 2.60. The first-order valence-electron chi connectivity index (χ1n) is 7.22. The van der Waals surface area contributed by atoms with E-state index in [0.29, 0.717) is 0 Å². The van der Waals surface area contributed by atoms with Crippen molar-refractivity contribution in [2.24, 2.45) is 0 Å². The zero-order valence-corrected chi connectivity index (χ0v) is 13.6. The summed E-state index contributed by atoms with van der Waals surface area (Å²) in [6.07, 6.45) is 5.56. The van der Waals surface area contributed by atoms with Crippen LogP contribution in [0.25, 0.3) is 22.2 Å². The van der Waals surface area contributed by atoms with E-state index in [0.717, 1.165) is 38.8 Å². The maximum atomic E-state index is 6.14. The summed E-state index contributed by atoms with van der Waals surface area (Å²) < 4.78 is 2.05. The molecule has 0 fully saturated rings. The monoisotopic (exact) mass is 341 g/mol. The standard InChI is InChI=1S/C18H13Cl2N3/c19-13-3-1-12(2-4-13)18-16(10-23-8-7-21-11-23)15-6-5-14(20)9-17(15)22-18/h1-9,11,22H,10H2. The van der Waals surface area contributed by atoms with Crippen LogP contribution in [0.1, 0.15) is 5.56 Å². The Bertz CT molecular complexity index is 954. The number of H-pyrrole nitrogens is 1. The van der Waals surface area contributed by atoms with E-state index in [1.54, 1.807) is 6.20 Å². The molecule has 2 heterocycles. The van der Waals surface area contributed by atoms with Crippen molar-refractivity contribution in [2.75, 3.05) is 0 Å². The molecule has 5 heteroatoms. The molecule has 0 radical (unpaired) electrons. The first-order valence-corrected chi connectivity index (χ1v) is 7.98. The van der Waals surface area contributed by atoms with Crippen molar-refractivity contribution in [3.05, 3.63) is 76.8 Å². The van der Waals surface area contributed by atoms with Crippen LogP contribution >= 0.6 is 23.2 Å². The van der Waals surface area contributed by atoms with E-state index in [-0.39, 0.29) is 0 Å². The number of nitrogens with one attached hydrogen (secondary N) is 1. The number of hydrogen-bond donors (Lipinski definition) is 1. The molecule has 0 aliphatic heterocycles. The van der Waals surface area contributed by atoms with Crippen molar-refractivity contribution in [1.82, 2.24) is 14.5 Å². The van der Waals surface area contributed by atoms with Crippen molar-refractivity contribution in [3.8, 4) is 11.3 Å². The smallest absolute Gasteiger partial charge is 0.0949 e. The third kappa shape index (κ3) is 2.74. The van der Waals surface area contributed by atoms with E-state index in [1.165, 1.54) is 5.56 Å². The molecular weight excluding hydrogens is 329 g/mol. The fourth-order valence-corrected chi connectivity index (χ4v) is 3.12. The fraction of sp³-hybridized carbons (Fsp3) is 0.0556. The maximum absolute atomic E-state index is 6.14. The van der Waals surface area contributed by atoms with Crippen LogP contribution in [-0.2, 0) is 6.54 Å². The van der Waals surface area contributed by atoms with Gasteiger partial charge in [0.1, 0.15) is 0 Å². The molecule has 23 heavy (non-hydrogen) atoms. The highest BCUT2D eigenvalue weighted by atomic mass is 35.5. The van der Waals surface area contributed by atoms with Crippen LogP contribution in [0.15, 0.2) is 61.2 Å². The molecule has 3 nitrogen and oxygen atoms in total. The lowest BCUT2D eigenvalue weighted by Gasteiger charge is -2.06. The number of benzene rings is 2. The fourth-order valence-electron chi connectivity index (χ4n) is 2.82. The zero-order valence-electron chi connectivity index (χ0n) is 12.1. The number of fused-ring (bicyclic) bond motifs is 1. The molecule has 2 aromatic heterocycles. The van der Waals surface area contributed by atoms with Gasteiger partial charge in [-0.05, 0) is 29.8 Å². The van der Waals surface area contributed by atoms with Crippen molar-refractivity contribution in [2.45, 2.75) is 6.54 Å². The Hall–Kier alpha value is -2.23. The van der Waals surface area contributed by atoms with Gasteiger partial charge in [0.05, 0.1) is 18.6 Å². The van der Waals surface area contributed by atoms with Gasteiger partial charge in [-0.3, -0.25) is 0 Å². The van der Waals surface area contributed by atoms with Gasteiger partial charge in [-0.2, -0.15) is 0 Å². The summed E-state index contributed by atoms with van der Waals surface area (Å²) in [6, 6.07) is 13.8. The molecule has 0 bridgehead atoms. The largest absolute Gasteiger partial charge is 0.354 e. The van der Waals surface area contributed by atoms with Gasteiger partial charge in [-0.25, -0.2) is 4.98 Å². The van der Waals surface area contributed by atoms with E-state index < -0.39 is 0 Å². The minimum Gasteiger partial charge on any atom is -0.354 e. The van der Waals surface area contributed by atoms with Gasteiger partial charge in [-0.15, -0.1) is 0 Å². The summed E-state index contributed by atoms with van der Waals surface area (Å²) in [5.41, 5.74) is 4.40. The molecule has 4 rings (SSSR count). The summed E-state index contributed by atoms with van der Waals surface area (Å²) >= 11 is 12.2. The lowest BCUT2D eigenvalue weighted by atomic mass is 10.1. The van der Waals surface area contributed by atoms with Gasteiger partial charge in [0.25, 0.3) is 0 Å². The van der Waals surface area contributed by atoms with Gasteiger partial charge >= 0.3 is 0 Å². The van der Waals surface area contributed by atoms with Crippen LogP contribution in [0.4, 0.5) is 0 Å². The van der Waals surface area contributed by atoms with Gasteiger partial charge < -0.3 is 9.55 Å². The quantitative estimate of drug-likeness (QED) is 0.532. The molecule has 1 N–H and O–H groups in total.